The molecule has 0 saturated carbocycles. The molecule has 23 heavy (non-hydrogen) atoms. The Morgan fingerprint density at radius 1 is 1.04 bits per heavy atom. The highest BCUT2D eigenvalue weighted by Gasteiger charge is 2.26. The molecule has 0 unspecified atom stereocenters. The number of para-hydroxylation sites is 1. The van der Waals surface area contributed by atoms with Crippen molar-refractivity contribution in [3.05, 3.63) is 60.4 Å². The van der Waals surface area contributed by atoms with Gasteiger partial charge in [-0.05, 0) is 29.5 Å². The maximum atomic E-state index is 6.23. The topological polar surface area (TPSA) is 31.0 Å². The maximum absolute atomic E-state index is 6.23. The summed E-state index contributed by atoms with van der Waals surface area (Å²) in [7, 11) is 0. The zero-order valence-electron chi connectivity index (χ0n) is 13.7. The van der Waals surface area contributed by atoms with E-state index >= 15 is 0 Å². The van der Waals surface area contributed by atoms with Gasteiger partial charge in [0.15, 0.2) is 5.58 Å². The second kappa shape index (κ2) is 4.98. The average molecular weight is 304 g/mol. The lowest BCUT2D eigenvalue weighted by atomic mass is 9.81. The number of hydrogen-bond donors (Lipinski definition) is 0. The highest BCUT2D eigenvalue weighted by atomic mass is 16.3. The first-order chi connectivity index (χ1) is 11.1. The largest absolute Gasteiger partial charge is 0.454 e. The summed E-state index contributed by atoms with van der Waals surface area (Å²) in [4.78, 5) is 0. The summed E-state index contributed by atoms with van der Waals surface area (Å²) in [5.41, 5.74) is 4.19. The lowest BCUT2D eigenvalue weighted by molar-refractivity contribution is 0.501. The molecule has 2 aromatic heterocycles. The molecule has 4 rings (SSSR count). The van der Waals surface area contributed by atoms with Gasteiger partial charge in [0.05, 0.1) is 0 Å². The Kier molecular flexibility index (Phi) is 3.05. The van der Waals surface area contributed by atoms with E-state index in [9.17, 15) is 0 Å². The van der Waals surface area contributed by atoms with Crippen molar-refractivity contribution in [2.75, 3.05) is 0 Å². The molecule has 0 aliphatic carbocycles. The average Bonchev–Trinajstić information content (AvgIpc) is 3.21. The maximum Gasteiger partial charge on any atom is 0.161 e. The van der Waals surface area contributed by atoms with Crippen LogP contribution in [0.5, 0.6) is 0 Å². The fraction of sp³-hybridized carbons (Fsp3) is 0.250. The van der Waals surface area contributed by atoms with E-state index in [2.05, 4.69) is 50.1 Å². The fourth-order valence-corrected chi connectivity index (χ4v) is 3.14. The molecule has 0 atom stereocenters. The van der Waals surface area contributed by atoms with Crippen LogP contribution in [0.25, 0.3) is 27.6 Å². The van der Waals surface area contributed by atoms with Crippen LogP contribution in [0.4, 0.5) is 0 Å². The zero-order chi connectivity index (χ0) is 16.0. The summed E-state index contributed by atoms with van der Waals surface area (Å²) < 4.78 is 8.15. The molecule has 3 nitrogen and oxygen atoms in total. The highest BCUT2D eigenvalue weighted by Crippen LogP contribution is 2.39. The Hall–Kier alpha value is -2.55. The summed E-state index contributed by atoms with van der Waals surface area (Å²) in [6.07, 6.45) is 4.84. The predicted molar refractivity (Wildman–Crippen MR) is 94.2 cm³/mol. The molecule has 0 aliphatic heterocycles. The zero-order valence-corrected chi connectivity index (χ0v) is 13.7. The van der Waals surface area contributed by atoms with Crippen LogP contribution in [0.2, 0.25) is 0 Å². The first kappa shape index (κ1) is 14.1. The van der Waals surface area contributed by atoms with Gasteiger partial charge in [-0.15, -0.1) is 0 Å². The SMILES string of the molecule is CCC(C)(C)c1ccc2c(oc3ccccc32)c1-n1cccn1. The van der Waals surface area contributed by atoms with E-state index in [1.807, 2.05) is 35.3 Å². The van der Waals surface area contributed by atoms with Gasteiger partial charge >= 0.3 is 0 Å². The smallest absolute Gasteiger partial charge is 0.161 e. The van der Waals surface area contributed by atoms with Crippen molar-refractivity contribution in [3.8, 4) is 5.69 Å². The Morgan fingerprint density at radius 2 is 1.87 bits per heavy atom. The number of fused-ring (bicyclic) bond motifs is 3. The van der Waals surface area contributed by atoms with Crippen LogP contribution in [0, 0.1) is 0 Å². The first-order valence-electron chi connectivity index (χ1n) is 8.06. The normalized spacial score (nSPS) is 12.3. The fourth-order valence-electron chi connectivity index (χ4n) is 3.14. The van der Waals surface area contributed by atoms with Crippen molar-refractivity contribution in [1.29, 1.82) is 0 Å². The van der Waals surface area contributed by atoms with Crippen LogP contribution in [-0.4, -0.2) is 9.78 Å². The van der Waals surface area contributed by atoms with Crippen molar-refractivity contribution < 1.29 is 4.42 Å². The monoisotopic (exact) mass is 304 g/mol. The third-order valence-electron chi connectivity index (χ3n) is 4.87. The summed E-state index contributed by atoms with van der Waals surface area (Å²) in [6.45, 7) is 6.75. The van der Waals surface area contributed by atoms with Gasteiger partial charge in [-0.25, -0.2) is 4.68 Å². The molecule has 0 aliphatic rings. The van der Waals surface area contributed by atoms with Crippen LogP contribution in [0.1, 0.15) is 32.8 Å². The van der Waals surface area contributed by atoms with Gasteiger partial charge in [0, 0.05) is 23.2 Å². The molecule has 0 N–H and O–H groups in total. The number of rotatable bonds is 3. The van der Waals surface area contributed by atoms with Crippen molar-refractivity contribution in [2.45, 2.75) is 32.6 Å². The quantitative estimate of drug-likeness (QED) is 0.503. The molecular weight excluding hydrogens is 284 g/mol. The van der Waals surface area contributed by atoms with Gasteiger partial charge in [-0.3, -0.25) is 0 Å². The molecule has 0 fully saturated rings. The first-order valence-corrected chi connectivity index (χ1v) is 8.06. The minimum atomic E-state index is 0.0500. The number of nitrogens with zero attached hydrogens (tertiary/aromatic N) is 2. The van der Waals surface area contributed by atoms with Gasteiger partial charge in [-0.1, -0.05) is 51.1 Å². The molecule has 116 valence electrons. The molecule has 0 bridgehead atoms. The van der Waals surface area contributed by atoms with Crippen molar-refractivity contribution in [1.82, 2.24) is 9.78 Å². The summed E-state index contributed by atoms with van der Waals surface area (Å²) in [6, 6.07) is 14.5. The molecule has 2 aromatic carbocycles. The molecule has 0 spiro atoms. The van der Waals surface area contributed by atoms with Crippen LogP contribution >= 0.6 is 0 Å². The minimum absolute atomic E-state index is 0.0500. The third-order valence-corrected chi connectivity index (χ3v) is 4.87. The standard InChI is InChI=1S/C20H20N2O/c1-4-20(2,3)16-11-10-15-14-8-5-6-9-17(14)23-19(15)18(16)22-13-7-12-21-22/h5-13H,4H2,1-3H3. The van der Waals surface area contributed by atoms with Gasteiger partial charge < -0.3 is 4.42 Å². The Labute approximate surface area is 135 Å². The molecule has 2 heterocycles. The lowest BCUT2D eigenvalue weighted by Gasteiger charge is -2.26. The number of hydrogen-bond acceptors (Lipinski definition) is 2. The van der Waals surface area contributed by atoms with Crippen LogP contribution in [0.15, 0.2) is 59.3 Å². The van der Waals surface area contributed by atoms with E-state index in [0.717, 1.165) is 34.0 Å². The van der Waals surface area contributed by atoms with E-state index in [4.69, 9.17) is 4.42 Å². The Morgan fingerprint density at radius 3 is 2.61 bits per heavy atom. The van der Waals surface area contributed by atoms with Gasteiger partial charge in [0.25, 0.3) is 0 Å². The minimum Gasteiger partial charge on any atom is -0.454 e. The van der Waals surface area contributed by atoms with Gasteiger partial charge in [0.2, 0.25) is 0 Å². The lowest BCUT2D eigenvalue weighted by Crippen LogP contribution is -2.19. The van der Waals surface area contributed by atoms with Crippen LogP contribution < -0.4 is 0 Å². The van der Waals surface area contributed by atoms with E-state index < -0.39 is 0 Å². The number of benzene rings is 2. The molecule has 0 amide bonds. The summed E-state index contributed by atoms with van der Waals surface area (Å²) in [5.74, 6) is 0. The second-order valence-electron chi connectivity index (χ2n) is 6.62. The van der Waals surface area contributed by atoms with Gasteiger partial charge in [0.1, 0.15) is 11.3 Å². The second-order valence-corrected chi connectivity index (χ2v) is 6.62. The van der Waals surface area contributed by atoms with E-state index in [-0.39, 0.29) is 5.41 Å². The van der Waals surface area contributed by atoms with Crippen LogP contribution in [0.3, 0.4) is 0 Å². The number of furan rings is 1. The van der Waals surface area contributed by atoms with Crippen molar-refractivity contribution in [2.24, 2.45) is 0 Å². The van der Waals surface area contributed by atoms with Crippen LogP contribution in [-0.2, 0) is 5.41 Å². The predicted octanol–water partition coefficient (Wildman–Crippen LogP) is 5.46. The van der Waals surface area contributed by atoms with Crippen molar-refractivity contribution >= 4 is 21.9 Å². The molecule has 4 aromatic rings. The summed E-state index contributed by atoms with van der Waals surface area (Å²) >= 11 is 0. The highest BCUT2D eigenvalue weighted by molar-refractivity contribution is 6.07. The molecule has 3 heteroatoms. The van der Waals surface area contributed by atoms with Crippen molar-refractivity contribution in [3.63, 3.8) is 0 Å². The number of aromatic nitrogens is 2. The molecular formula is C20H20N2O. The molecule has 0 saturated heterocycles. The van der Waals surface area contributed by atoms with E-state index in [1.54, 1.807) is 0 Å². The molecule has 0 radical (unpaired) electrons. The Balaban J connectivity index is 2.16. The van der Waals surface area contributed by atoms with E-state index in [0.29, 0.717) is 0 Å². The Bertz CT molecular complexity index is 978. The third kappa shape index (κ3) is 2.07. The summed E-state index contributed by atoms with van der Waals surface area (Å²) in [5, 5.41) is 6.76. The van der Waals surface area contributed by atoms with Gasteiger partial charge in [-0.2, -0.15) is 5.10 Å². The van der Waals surface area contributed by atoms with E-state index in [1.165, 1.54) is 5.56 Å².